The Morgan fingerprint density at radius 1 is 0.615 bits per heavy atom. The van der Waals surface area contributed by atoms with Gasteiger partial charge in [-0.15, -0.1) is 0 Å². The van der Waals surface area contributed by atoms with E-state index < -0.39 is 60.5 Å². The Hall–Kier alpha value is -2.37. The molecule has 0 aromatic rings. The molecule has 0 aliphatic rings. The molecule has 15 nitrogen and oxygen atoms in total. The van der Waals surface area contributed by atoms with E-state index in [1.165, 1.54) is 0 Å². The predicted octanol–water partition coefficient (Wildman–Crippen LogP) is -3.55. The van der Waals surface area contributed by atoms with Crippen LogP contribution in [0, 0.1) is 0 Å². The van der Waals surface area contributed by atoms with Crippen molar-refractivity contribution in [3.05, 3.63) is 0 Å². The normalized spacial score (nSPS) is 10.5. The number of hydrogen-bond donors (Lipinski definition) is 6. The van der Waals surface area contributed by atoms with E-state index in [2.05, 4.69) is 0 Å². The molecule has 154 valence electrons. The first-order chi connectivity index (χ1) is 11.2. The van der Waals surface area contributed by atoms with Crippen molar-refractivity contribution in [2.75, 3.05) is 39.3 Å². The summed E-state index contributed by atoms with van der Waals surface area (Å²) in [5, 5.41) is 34.5. The summed E-state index contributed by atoms with van der Waals surface area (Å²) in [6.07, 6.45) is 0. The third kappa shape index (κ3) is 26.5. The maximum Gasteiger partial charge on any atom is 0.394 e. The molecule has 0 bridgehead atoms. The zero-order valence-corrected chi connectivity index (χ0v) is 14.0. The molecule has 0 aliphatic carbocycles. The van der Waals surface area contributed by atoms with Gasteiger partial charge in [-0.2, -0.15) is 8.42 Å². The van der Waals surface area contributed by atoms with Crippen LogP contribution in [-0.4, -0.2) is 116 Å². The van der Waals surface area contributed by atoms with Gasteiger partial charge in [0.1, 0.15) is 0 Å². The van der Waals surface area contributed by atoms with E-state index in [0.29, 0.717) is 0 Å². The molecule has 0 fully saturated rings. The fraction of sp³-hybridized carbons (Fsp3) is 0.600. The molecule has 26 heavy (non-hydrogen) atoms. The van der Waals surface area contributed by atoms with E-state index in [4.69, 9.17) is 37.9 Å². The van der Waals surface area contributed by atoms with E-state index in [1.54, 1.807) is 0 Å². The molecule has 0 rings (SSSR count). The lowest BCUT2D eigenvalue weighted by Crippen LogP contribution is -2.43. The van der Waals surface area contributed by atoms with Crippen molar-refractivity contribution in [3.63, 3.8) is 0 Å². The molecule has 0 aromatic heterocycles. The third-order valence-corrected chi connectivity index (χ3v) is 2.17. The topological polar surface area (TPSA) is 262 Å². The second-order valence-corrected chi connectivity index (χ2v) is 5.34. The van der Waals surface area contributed by atoms with Crippen molar-refractivity contribution in [1.29, 1.82) is 0 Å². The molecule has 0 heterocycles. The summed E-state index contributed by atoms with van der Waals surface area (Å²) in [4.78, 5) is 44.4. The summed E-state index contributed by atoms with van der Waals surface area (Å²) in [5.41, 5.74) is 0. The zero-order chi connectivity index (χ0) is 20.2. The summed E-state index contributed by atoms with van der Waals surface area (Å²) in [6, 6.07) is 0. The molecular formula is C10H20N2O13S. The Kier molecular flexibility index (Phi) is 15.2. The second kappa shape index (κ2) is 13.9. The van der Waals surface area contributed by atoms with Gasteiger partial charge in [0, 0.05) is 13.1 Å². The molecule has 0 amide bonds. The van der Waals surface area contributed by atoms with Crippen molar-refractivity contribution < 1.29 is 62.6 Å². The summed E-state index contributed by atoms with van der Waals surface area (Å²) in [5.74, 6) is -4.91. The van der Waals surface area contributed by atoms with Crippen LogP contribution < -0.4 is 0 Å². The molecular weight excluding hydrogens is 388 g/mol. The molecule has 0 radical (unpaired) electrons. The van der Waals surface area contributed by atoms with Gasteiger partial charge in [-0.3, -0.25) is 38.1 Å². The Labute approximate surface area is 146 Å². The summed E-state index contributed by atoms with van der Waals surface area (Å²) in [6.45, 7) is -2.25. The van der Waals surface area contributed by atoms with Crippen molar-refractivity contribution in [2.45, 2.75) is 0 Å². The van der Waals surface area contributed by atoms with E-state index in [0.717, 1.165) is 9.80 Å². The van der Waals surface area contributed by atoms with E-state index in [-0.39, 0.29) is 18.6 Å². The van der Waals surface area contributed by atoms with E-state index >= 15 is 0 Å². The molecule has 0 spiro atoms. The van der Waals surface area contributed by atoms with Crippen LogP contribution in [0.2, 0.25) is 0 Å². The predicted molar refractivity (Wildman–Crippen MR) is 81.2 cm³/mol. The first-order valence-corrected chi connectivity index (χ1v) is 7.62. The van der Waals surface area contributed by atoms with Crippen LogP contribution in [0.3, 0.4) is 0 Å². The maximum absolute atomic E-state index is 10.6. The number of rotatable bonds is 11. The summed E-state index contributed by atoms with van der Waals surface area (Å²) >= 11 is 0. The third-order valence-electron chi connectivity index (χ3n) is 2.17. The molecule has 16 heteroatoms. The maximum atomic E-state index is 10.6. The lowest BCUT2D eigenvalue weighted by molar-refractivity contribution is -0.145. The van der Waals surface area contributed by atoms with Crippen LogP contribution in [0.1, 0.15) is 0 Å². The Bertz CT molecular complexity index is 499. The van der Waals surface area contributed by atoms with Gasteiger partial charge >= 0.3 is 34.3 Å². The number of nitrogens with zero attached hydrogens (tertiary/aromatic N) is 2. The quantitative estimate of drug-likeness (QED) is 0.181. The highest BCUT2D eigenvalue weighted by molar-refractivity contribution is 7.79. The number of hydrogen-bond acceptors (Lipinski definition) is 8. The molecule has 8 N–H and O–H groups in total. The smallest absolute Gasteiger partial charge is 0.394 e. The van der Waals surface area contributed by atoms with Gasteiger partial charge in [0.15, 0.2) is 0 Å². The van der Waals surface area contributed by atoms with E-state index in [9.17, 15) is 19.2 Å². The van der Waals surface area contributed by atoms with Crippen LogP contribution >= 0.6 is 0 Å². The largest absolute Gasteiger partial charge is 0.480 e. The molecule has 0 atom stereocenters. The van der Waals surface area contributed by atoms with Gasteiger partial charge in [0.2, 0.25) is 0 Å². The van der Waals surface area contributed by atoms with Gasteiger partial charge in [0.05, 0.1) is 26.2 Å². The highest BCUT2D eigenvalue weighted by Gasteiger charge is 2.17. The lowest BCUT2D eigenvalue weighted by Gasteiger charge is -2.23. The second-order valence-electron chi connectivity index (χ2n) is 4.44. The number of aliphatic carboxylic acids is 4. The Morgan fingerprint density at radius 2 is 0.769 bits per heavy atom. The highest BCUT2D eigenvalue weighted by atomic mass is 32.3. The standard InChI is InChI=1S/C10H16N2O8.H2O4S.H2O/c13-7(14)3-11(4-8(15)16)1-2-12(5-9(17)18)6-10(19)20;1-5(2,3)4;/h1-6H2,(H,13,14)(H,15,16)(H,17,18)(H,19,20);(H2,1,2,3,4);1H2. The number of carboxylic acids is 4. The monoisotopic (exact) mass is 408 g/mol. The lowest BCUT2D eigenvalue weighted by atomic mass is 10.4. The minimum absolute atomic E-state index is 0. The summed E-state index contributed by atoms with van der Waals surface area (Å²) in [7, 11) is -4.67. The minimum Gasteiger partial charge on any atom is -0.480 e. The van der Waals surface area contributed by atoms with Crippen molar-refractivity contribution in [1.82, 2.24) is 9.80 Å². The zero-order valence-electron chi connectivity index (χ0n) is 13.2. The average molecular weight is 408 g/mol. The van der Waals surface area contributed by atoms with Gasteiger partial charge in [-0.05, 0) is 0 Å². The molecule has 0 unspecified atom stereocenters. The number of carboxylic acid groups (broad SMARTS) is 4. The SMILES string of the molecule is O.O=C(O)CN(CCN(CC(=O)O)CC(=O)O)CC(=O)O.O=S(=O)(O)O. The van der Waals surface area contributed by atoms with Crippen LogP contribution in [0.5, 0.6) is 0 Å². The molecule has 0 saturated carbocycles. The van der Waals surface area contributed by atoms with Crippen molar-refractivity contribution in [2.24, 2.45) is 0 Å². The Balaban J connectivity index is -0.000000772. The van der Waals surface area contributed by atoms with Gasteiger partial charge in [-0.1, -0.05) is 0 Å². The summed E-state index contributed by atoms with van der Waals surface area (Å²) < 4.78 is 31.6. The fourth-order valence-electron chi connectivity index (χ4n) is 1.48. The molecule has 0 aromatic carbocycles. The highest BCUT2D eigenvalue weighted by Crippen LogP contribution is 1.94. The van der Waals surface area contributed by atoms with E-state index in [1.807, 2.05) is 0 Å². The fourth-order valence-corrected chi connectivity index (χ4v) is 1.48. The molecule has 0 aliphatic heterocycles. The van der Waals surface area contributed by atoms with Crippen LogP contribution in [-0.2, 0) is 29.6 Å². The molecule has 0 saturated heterocycles. The van der Waals surface area contributed by atoms with Crippen molar-refractivity contribution >= 4 is 34.3 Å². The van der Waals surface area contributed by atoms with Gasteiger partial charge in [0.25, 0.3) is 0 Å². The average Bonchev–Trinajstić information content (AvgIpc) is 2.30. The minimum atomic E-state index is -4.67. The van der Waals surface area contributed by atoms with Gasteiger partial charge < -0.3 is 25.9 Å². The van der Waals surface area contributed by atoms with Gasteiger partial charge in [-0.25, -0.2) is 0 Å². The van der Waals surface area contributed by atoms with Crippen LogP contribution in [0.15, 0.2) is 0 Å². The van der Waals surface area contributed by atoms with Crippen LogP contribution in [0.25, 0.3) is 0 Å². The Morgan fingerprint density at radius 3 is 0.885 bits per heavy atom. The number of carbonyl (C=O) groups is 4. The first kappa shape index (κ1) is 28.4. The first-order valence-electron chi connectivity index (χ1n) is 6.22. The van der Waals surface area contributed by atoms with Crippen LogP contribution in [0.4, 0.5) is 0 Å². The van der Waals surface area contributed by atoms with Crippen molar-refractivity contribution in [3.8, 4) is 0 Å².